The summed E-state index contributed by atoms with van der Waals surface area (Å²) in [5.74, 6) is 0. The van der Waals surface area contributed by atoms with Crippen molar-refractivity contribution in [3.63, 3.8) is 0 Å². The van der Waals surface area contributed by atoms with E-state index in [-0.39, 0.29) is 5.37 Å². The minimum absolute atomic E-state index is 0.234. The predicted octanol–water partition coefficient (Wildman–Crippen LogP) is 3.95. The molecule has 0 spiro atoms. The molecule has 4 heteroatoms. The van der Waals surface area contributed by atoms with Crippen molar-refractivity contribution in [2.45, 2.75) is 10.3 Å². The van der Waals surface area contributed by atoms with Gasteiger partial charge in [-0.2, -0.15) is 0 Å². The molecular weight excluding hydrogens is 240 g/mol. The molecule has 1 unspecified atom stereocenters. The van der Waals surface area contributed by atoms with Crippen LogP contribution in [-0.2, 0) is 0 Å². The second-order valence-corrected chi connectivity index (χ2v) is 5.09. The molecule has 1 aromatic heterocycles. The molecule has 0 saturated heterocycles. The number of hydrogen-bond acceptors (Lipinski definition) is 3. The normalized spacial score (nSPS) is 17.9. The van der Waals surface area contributed by atoms with Crippen molar-refractivity contribution in [1.82, 2.24) is 4.98 Å². The Morgan fingerprint density at radius 3 is 2.75 bits per heavy atom. The minimum Gasteiger partial charge on any atom is -0.367 e. The fraction of sp³-hybridized carbons (Fsp3) is 0.0833. The van der Waals surface area contributed by atoms with Crippen molar-refractivity contribution in [2.75, 3.05) is 5.32 Å². The van der Waals surface area contributed by atoms with E-state index in [0.717, 1.165) is 10.7 Å². The molecule has 1 N–H and O–H groups in total. The lowest BCUT2D eigenvalue weighted by Crippen LogP contribution is -2.01. The van der Waals surface area contributed by atoms with Crippen molar-refractivity contribution in [3.8, 4) is 0 Å². The summed E-state index contributed by atoms with van der Waals surface area (Å²) in [6, 6.07) is 10.0. The molecule has 3 rings (SSSR count). The van der Waals surface area contributed by atoms with E-state index in [1.165, 1.54) is 10.5 Å². The number of thioether (sulfide) groups is 1. The number of aromatic nitrogens is 1. The summed E-state index contributed by atoms with van der Waals surface area (Å²) in [5.41, 5.74) is 2.25. The van der Waals surface area contributed by atoms with E-state index in [1.54, 1.807) is 11.8 Å². The van der Waals surface area contributed by atoms with E-state index in [2.05, 4.69) is 16.4 Å². The van der Waals surface area contributed by atoms with E-state index >= 15 is 0 Å². The highest BCUT2D eigenvalue weighted by Gasteiger charge is 2.24. The van der Waals surface area contributed by atoms with Crippen LogP contribution in [0.25, 0.3) is 0 Å². The van der Waals surface area contributed by atoms with Crippen LogP contribution in [0.2, 0.25) is 5.02 Å². The van der Waals surface area contributed by atoms with E-state index < -0.39 is 0 Å². The second-order valence-electron chi connectivity index (χ2n) is 3.54. The Hall–Kier alpha value is -1.19. The first-order valence-electron chi connectivity index (χ1n) is 4.96. The SMILES string of the molecule is Clc1cccc2c1NC(c1ccncc1)S2. The van der Waals surface area contributed by atoms with Gasteiger partial charge in [0.2, 0.25) is 0 Å². The molecule has 0 bridgehead atoms. The van der Waals surface area contributed by atoms with Crippen molar-refractivity contribution in [2.24, 2.45) is 0 Å². The highest BCUT2D eigenvalue weighted by molar-refractivity contribution is 8.00. The number of pyridine rings is 1. The summed E-state index contributed by atoms with van der Waals surface area (Å²) in [6.45, 7) is 0. The van der Waals surface area contributed by atoms with Crippen LogP contribution in [-0.4, -0.2) is 4.98 Å². The van der Waals surface area contributed by atoms with Crippen molar-refractivity contribution < 1.29 is 0 Å². The highest BCUT2D eigenvalue weighted by Crippen LogP contribution is 2.48. The molecule has 2 nitrogen and oxygen atoms in total. The topological polar surface area (TPSA) is 24.9 Å². The maximum absolute atomic E-state index is 6.13. The number of nitrogens with one attached hydrogen (secondary N) is 1. The van der Waals surface area contributed by atoms with Crippen LogP contribution < -0.4 is 5.32 Å². The van der Waals surface area contributed by atoms with Crippen LogP contribution in [0, 0.1) is 0 Å². The molecule has 0 saturated carbocycles. The van der Waals surface area contributed by atoms with Gasteiger partial charge in [-0.25, -0.2) is 0 Å². The summed E-state index contributed by atoms with van der Waals surface area (Å²) in [6.07, 6.45) is 3.62. The Balaban J connectivity index is 1.94. The number of para-hydroxylation sites is 1. The van der Waals surface area contributed by atoms with Crippen LogP contribution in [0.5, 0.6) is 0 Å². The van der Waals surface area contributed by atoms with Gasteiger partial charge in [-0.05, 0) is 29.8 Å². The third kappa shape index (κ3) is 1.66. The van der Waals surface area contributed by atoms with E-state index in [1.807, 2.05) is 36.7 Å². The van der Waals surface area contributed by atoms with Gasteiger partial charge in [0.15, 0.2) is 0 Å². The summed E-state index contributed by atoms with van der Waals surface area (Å²) >= 11 is 7.91. The lowest BCUT2D eigenvalue weighted by molar-refractivity contribution is 1.11. The predicted molar refractivity (Wildman–Crippen MR) is 67.9 cm³/mol. The first-order chi connectivity index (χ1) is 7.84. The molecule has 80 valence electrons. The first kappa shape index (κ1) is 10.00. The Labute approximate surface area is 103 Å². The van der Waals surface area contributed by atoms with Gasteiger partial charge in [0.05, 0.1) is 10.7 Å². The summed E-state index contributed by atoms with van der Waals surface area (Å²) in [7, 11) is 0. The van der Waals surface area contributed by atoms with Gasteiger partial charge in [0, 0.05) is 17.3 Å². The molecule has 1 atom stereocenters. The number of anilines is 1. The van der Waals surface area contributed by atoms with Crippen LogP contribution in [0.4, 0.5) is 5.69 Å². The number of rotatable bonds is 1. The summed E-state index contributed by atoms with van der Waals surface area (Å²) in [5, 5.41) is 4.44. The Morgan fingerprint density at radius 1 is 1.19 bits per heavy atom. The molecular formula is C12H9ClN2S. The fourth-order valence-electron chi connectivity index (χ4n) is 1.72. The average molecular weight is 249 g/mol. The molecule has 0 fully saturated rings. The molecule has 0 radical (unpaired) electrons. The third-order valence-corrected chi connectivity index (χ3v) is 4.04. The van der Waals surface area contributed by atoms with Crippen LogP contribution in [0.3, 0.4) is 0 Å². The maximum Gasteiger partial charge on any atom is 0.103 e. The van der Waals surface area contributed by atoms with E-state index in [9.17, 15) is 0 Å². The van der Waals surface area contributed by atoms with Crippen molar-refractivity contribution in [1.29, 1.82) is 0 Å². The van der Waals surface area contributed by atoms with Gasteiger partial charge in [0.25, 0.3) is 0 Å². The smallest absolute Gasteiger partial charge is 0.103 e. The molecule has 16 heavy (non-hydrogen) atoms. The molecule has 0 amide bonds. The number of halogens is 1. The van der Waals surface area contributed by atoms with Crippen molar-refractivity contribution in [3.05, 3.63) is 53.3 Å². The fourth-order valence-corrected chi connectivity index (χ4v) is 3.17. The van der Waals surface area contributed by atoms with Gasteiger partial charge in [0.1, 0.15) is 5.37 Å². The Bertz CT molecular complexity index is 516. The van der Waals surface area contributed by atoms with Gasteiger partial charge in [-0.3, -0.25) is 4.98 Å². The van der Waals surface area contributed by atoms with E-state index in [0.29, 0.717) is 0 Å². The zero-order valence-corrected chi connectivity index (χ0v) is 9.92. The quantitative estimate of drug-likeness (QED) is 0.827. The van der Waals surface area contributed by atoms with Crippen LogP contribution in [0.15, 0.2) is 47.6 Å². The third-order valence-electron chi connectivity index (χ3n) is 2.50. The molecule has 1 aliphatic rings. The van der Waals surface area contributed by atoms with Gasteiger partial charge >= 0.3 is 0 Å². The maximum atomic E-state index is 6.13. The van der Waals surface area contributed by atoms with E-state index in [4.69, 9.17) is 11.6 Å². The van der Waals surface area contributed by atoms with Crippen LogP contribution in [0.1, 0.15) is 10.9 Å². The lowest BCUT2D eigenvalue weighted by Gasteiger charge is -2.10. The minimum atomic E-state index is 0.234. The highest BCUT2D eigenvalue weighted by atomic mass is 35.5. The van der Waals surface area contributed by atoms with Crippen molar-refractivity contribution >= 4 is 29.1 Å². The molecule has 2 aromatic rings. The zero-order chi connectivity index (χ0) is 11.0. The monoisotopic (exact) mass is 248 g/mol. The summed E-state index contributed by atoms with van der Waals surface area (Å²) in [4.78, 5) is 5.22. The lowest BCUT2D eigenvalue weighted by atomic mass is 10.2. The molecule has 1 aromatic carbocycles. The molecule has 0 aliphatic carbocycles. The molecule has 2 heterocycles. The second kappa shape index (κ2) is 4.00. The van der Waals surface area contributed by atoms with Gasteiger partial charge in [-0.1, -0.05) is 29.4 Å². The average Bonchev–Trinajstić information content (AvgIpc) is 2.76. The van der Waals surface area contributed by atoms with Gasteiger partial charge in [-0.15, -0.1) is 0 Å². The van der Waals surface area contributed by atoms with Gasteiger partial charge < -0.3 is 5.32 Å². The number of hydrogen-bond donors (Lipinski definition) is 1. The largest absolute Gasteiger partial charge is 0.367 e. The number of benzene rings is 1. The zero-order valence-electron chi connectivity index (χ0n) is 8.35. The Kier molecular flexibility index (Phi) is 2.50. The Morgan fingerprint density at radius 2 is 2.00 bits per heavy atom. The molecule has 1 aliphatic heterocycles. The first-order valence-corrected chi connectivity index (χ1v) is 6.22. The standard InChI is InChI=1S/C12H9ClN2S/c13-9-2-1-3-10-11(9)15-12(16-10)8-4-6-14-7-5-8/h1-7,12,15H. The van der Waals surface area contributed by atoms with Crippen LogP contribution >= 0.6 is 23.4 Å². The number of nitrogens with zero attached hydrogens (tertiary/aromatic N) is 1. The number of fused-ring (bicyclic) bond motifs is 1. The summed E-state index contributed by atoms with van der Waals surface area (Å²) < 4.78 is 0.